The van der Waals surface area contributed by atoms with Crippen LogP contribution in [0.4, 0.5) is 0 Å². The minimum atomic E-state index is -0.749. The molecule has 1 aromatic carbocycles. The highest BCUT2D eigenvalue weighted by atomic mass is 16.5. The molecule has 5 rings (SSSR count). The monoisotopic (exact) mass is 352 g/mol. The van der Waals surface area contributed by atoms with Crippen molar-refractivity contribution in [1.29, 1.82) is 0 Å². The van der Waals surface area contributed by atoms with Gasteiger partial charge in [-0.1, -0.05) is 30.4 Å². The van der Waals surface area contributed by atoms with E-state index in [1.165, 1.54) is 29.3 Å². The number of nitrogens with one attached hydrogen (secondary N) is 1. The van der Waals surface area contributed by atoms with Gasteiger partial charge in [0.1, 0.15) is 0 Å². The van der Waals surface area contributed by atoms with Crippen LogP contribution in [0.25, 0.3) is 10.9 Å². The quantitative estimate of drug-likeness (QED) is 0.611. The fourth-order valence-corrected chi connectivity index (χ4v) is 5.39. The maximum Gasteiger partial charge on any atom is 0.311 e. The lowest BCUT2D eigenvalue weighted by atomic mass is 9.67. The van der Waals surface area contributed by atoms with E-state index in [1.54, 1.807) is 6.08 Å². The van der Waals surface area contributed by atoms with E-state index in [0.717, 1.165) is 25.9 Å². The summed E-state index contributed by atoms with van der Waals surface area (Å²) in [5.74, 6) is -0.351. The summed E-state index contributed by atoms with van der Waals surface area (Å²) in [5, 5.41) is 11.7. The number of ether oxygens (including phenoxy) is 1. The van der Waals surface area contributed by atoms with Crippen LogP contribution in [0.15, 0.2) is 36.4 Å². The van der Waals surface area contributed by atoms with E-state index < -0.39 is 12.0 Å². The molecule has 136 valence electrons. The number of esters is 1. The van der Waals surface area contributed by atoms with Crippen LogP contribution in [0.2, 0.25) is 0 Å². The minimum absolute atomic E-state index is 0.112. The van der Waals surface area contributed by atoms with Crippen LogP contribution in [0, 0.1) is 17.8 Å². The number of aromatic amines is 1. The lowest BCUT2D eigenvalue weighted by Crippen LogP contribution is -2.51. The van der Waals surface area contributed by atoms with Crippen LogP contribution in [0.1, 0.15) is 23.7 Å². The van der Waals surface area contributed by atoms with Gasteiger partial charge in [0.05, 0.1) is 25.2 Å². The Balaban J connectivity index is 1.54. The van der Waals surface area contributed by atoms with Crippen molar-refractivity contribution in [2.75, 3.05) is 20.2 Å². The number of hydrogen-bond acceptors (Lipinski definition) is 4. The molecule has 3 heterocycles. The van der Waals surface area contributed by atoms with Gasteiger partial charge in [-0.3, -0.25) is 9.69 Å². The molecule has 1 aliphatic carbocycles. The van der Waals surface area contributed by atoms with Crippen LogP contribution in [0.3, 0.4) is 0 Å². The molecule has 2 aromatic rings. The van der Waals surface area contributed by atoms with Gasteiger partial charge in [-0.25, -0.2) is 0 Å². The summed E-state index contributed by atoms with van der Waals surface area (Å²) >= 11 is 0. The van der Waals surface area contributed by atoms with Crippen LogP contribution < -0.4 is 0 Å². The van der Waals surface area contributed by atoms with E-state index in [4.69, 9.17) is 4.74 Å². The first-order valence-electron chi connectivity index (χ1n) is 9.45. The standard InChI is InChI=1S/C21H24N2O3/c1-26-21(25)19-15-10-17-20-14(13-4-2-3-5-16(13)22-20)8-9-23(17)11-12(15)6-7-18(19)24/h2-7,12,15,17-19,22,24H,8-11H2,1H3/t12-,15-,17-,18-,19+/m0/s1. The molecule has 26 heavy (non-hydrogen) atoms. The van der Waals surface area contributed by atoms with Crippen molar-refractivity contribution in [3.63, 3.8) is 0 Å². The largest absolute Gasteiger partial charge is 0.469 e. The van der Waals surface area contributed by atoms with Gasteiger partial charge in [0, 0.05) is 29.7 Å². The Labute approximate surface area is 152 Å². The van der Waals surface area contributed by atoms with E-state index in [-0.39, 0.29) is 17.9 Å². The predicted octanol–water partition coefficient (Wildman–Crippen LogP) is 2.42. The number of para-hydroxylation sites is 1. The van der Waals surface area contributed by atoms with Gasteiger partial charge in [0.15, 0.2) is 0 Å². The normalized spacial score (nSPS) is 33.4. The molecule has 5 nitrogen and oxygen atoms in total. The summed E-state index contributed by atoms with van der Waals surface area (Å²) in [7, 11) is 1.41. The fourth-order valence-electron chi connectivity index (χ4n) is 5.39. The van der Waals surface area contributed by atoms with Gasteiger partial charge < -0.3 is 14.8 Å². The SMILES string of the molecule is COC(=O)[C@@H]1[C@H]2C[C@H]3c4[nH]c5ccccc5c4CCN3C[C@@H]2C=C[C@@H]1O. The highest BCUT2D eigenvalue weighted by Crippen LogP contribution is 2.47. The van der Waals surface area contributed by atoms with Crippen LogP contribution >= 0.6 is 0 Å². The summed E-state index contributed by atoms with van der Waals surface area (Å²) < 4.78 is 5.01. The molecular formula is C21H24N2O3. The number of carbonyl (C=O) groups is 1. The third kappa shape index (κ3) is 2.27. The van der Waals surface area contributed by atoms with Crippen molar-refractivity contribution in [2.45, 2.75) is 25.0 Å². The molecule has 0 radical (unpaired) electrons. The maximum atomic E-state index is 12.3. The zero-order chi connectivity index (χ0) is 17.8. The molecule has 1 aromatic heterocycles. The molecule has 5 heteroatoms. The van der Waals surface area contributed by atoms with Crippen LogP contribution in [-0.2, 0) is 16.0 Å². The molecule has 0 amide bonds. The highest BCUT2D eigenvalue weighted by molar-refractivity contribution is 5.85. The average molecular weight is 352 g/mol. The Hall–Kier alpha value is -2.11. The van der Waals surface area contributed by atoms with Gasteiger partial charge in [0.2, 0.25) is 0 Å². The number of rotatable bonds is 1. The topological polar surface area (TPSA) is 65.6 Å². The summed E-state index contributed by atoms with van der Waals surface area (Å²) in [5.41, 5.74) is 3.90. The smallest absolute Gasteiger partial charge is 0.311 e. The molecule has 1 fully saturated rings. The Morgan fingerprint density at radius 3 is 3.00 bits per heavy atom. The number of piperidine rings is 1. The second-order valence-corrected chi connectivity index (χ2v) is 7.81. The maximum absolute atomic E-state index is 12.3. The number of aliphatic hydroxyl groups excluding tert-OH is 1. The van der Waals surface area contributed by atoms with Crippen molar-refractivity contribution < 1.29 is 14.6 Å². The molecule has 0 unspecified atom stereocenters. The third-order valence-electron chi connectivity index (χ3n) is 6.62. The Morgan fingerprint density at radius 2 is 2.15 bits per heavy atom. The number of aromatic nitrogens is 1. The molecular weight excluding hydrogens is 328 g/mol. The molecule has 0 spiro atoms. The zero-order valence-electron chi connectivity index (χ0n) is 14.9. The molecule has 1 saturated heterocycles. The minimum Gasteiger partial charge on any atom is -0.469 e. The number of aliphatic hydroxyl groups is 1. The molecule has 5 atom stereocenters. The van der Waals surface area contributed by atoms with Crippen LogP contribution in [0.5, 0.6) is 0 Å². The summed E-state index contributed by atoms with van der Waals surface area (Å²) in [6.07, 6.45) is 5.06. The Morgan fingerprint density at radius 1 is 1.31 bits per heavy atom. The van der Waals surface area contributed by atoms with E-state index in [0.29, 0.717) is 5.92 Å². The molecule has 2 N–H and O–H groups in total. The van der Waals surface area contributed by atoms with Crippen molar-refractivity contribution in [2.24, 2.45) is 17.8 Å². The van der Waals surface area contributed by atoms with E-state index >= 15 is 0 Å². The molecule has 0 bridgehead atoms. The number of hydrogen-bond donors (Lipinski definition) is 2. The summed E-state index contributed by atoms with van der Waals surface area (Å²) in [4.78, 5) is 18.5. The first-order chi connectivity index (χ1) is 12.7. The van der Waals surface area contributed by atoms with Gasteiger partial charge in [-0.15, -0.1) is 0 Å². The van der Waals surface area contributed by atoms with Gasteiger partial charge in [-0.05, 0) is 36.3 Å². The number of benzene rings is 1. The number of nitrogens with zero attached hydrogens (tertiary/aromatic N) is 1. The fraction of sp³-hybridized carbons (Fsp3) is 0.476. The number of fused-ring (bicyclic) bond motifs is 6. The molecule has 3 aliphatic rings. The lowest BCUT2D eigenvalue weighted by molar-refractivity contribution is -0.154. The van der Waals surface area contributed by atoms with E-state index in [9.17, 15) is 9.90 Å². The average Bonchev–Trinajstić information content (AvgIpc) is 3.05. The lowest BCUT2D eigenvalue weighted by Gasteiger charge is -2.49. The van der Waals surface area contributed by atoms with Crippen LogP contribution in [-0.4, -0.2) is 47.3 Å². The van der Waals surface area contributed by atoms with Gasteiger partial charge in [0.25, 0.3) is 0 Å². The first-order valence-corrected chi connectivity index (χ1v) is 9.45. The van der Waals surface area contributed by atoms with E-state index in [1.807, 2.05) is 0 Å². The van der Waals surface area contributed by atoms with Crippen molar-refractivity contribution >= 4 is 16.9 Å². The first kappa shape index (κ1) is 16.1. The highest BCUT2D eigenvalue weighted by Gasteiger charge is 2.47. The summed E-state index contributed by atoms with van der Waals surface area (Å²) in [6, 6.07) is 8.76. The second kappa shape index (κ2) is 5.96. The third-order valence-corrected chi connectivity index (χ3v) is 6.62. The molecule has 2 aliphatic heterocycles. The molecule has 0 saturated carbocycles. The van der Waals surface area contributed by atoms with E-state index in [2.05, 4.69) is 40.2 Å². The Kier molecular flexibility index (Phi) is 3.69. The van der Waals surface area contributed by atoms with Gasteiger partial charge in [-0.2, -0.15) is 0 Å². The predicted molar refractivity (Wildman–Crippen MR) is 98.6 cm³/mol. The summed E-state index contributed by atoms with van der Waals surface area (Å²) in [6.45, 7) is 1.98. The zero-order valence-corrected chi connectivity index (χ0v) is 14.9. The number of H-pyrrole nitrogens is 1. The number of methoxy groups -OCH3 is 1. The second-order valence-electron chi connectivity index (χ2n) is 7.81. The van der Waals surface area contributed by atoms with Crippen molar-refractivity contribution in [3.8, 4) is 0 Å². The number of carbonyl (C=O) groups excluding carboxylic acids is 1. The Bertz CT molecular complexity index is 887. The van der Waals surface area contributed by atoms with Crippen molar-refractivity contribution in [1.82, 2.24) is 9.88 Å². The van der Waals surface area contributed by atoms with Gasteiger partial charge >= 0.3 is 5.97 Å². The van der Waals surface area contributed by atoms with Crippen molar-refractivity contribution in [3.05, 3.63) is 47.7 Å².